The second kappa shape index (κ2) is 11.0. The highest BCUT2D eigenvalue weighted by Gasteiger charge is 2.26. The quantitative estimate of drug-likeness (QED) is 0.492. The number of morpholine rings is 1. The average molecular weight is 510 g/mol. The van der Waals surface area contributed by atoms with E-state index in [0.29, 0.717) is 26.4 Å². The summed E-state index contributed by atoms with van der Waals surface area (Å²) in [5, 5.41) is 6.42. The molecule has 2 aromatic heterocycles. The van der Waals surface area contributed by atoms with Crippen molar-refractivity contribution in [1.82, 2.24) is 19.9 Å². The third-order valence-electron chi connectivity index (χ3n) is 7.27. The Bertz CT molecular complexity index is 1210. The lowest BCUT2D eigenvalue weighted by Crippen LogP contribution is -2.36. The van der Waals surface area contributed by atoms with Crippen LogP contribution in [-0.4, -0.2) is 77.6 Å². The predicted octanol–water partition coefficient (Wildman–Crippen LogP) is 3.40. The molecule has 1 saturated carbocycles. The van der Waals surface area contributed by atoms with Crippen molar-refractivity contribution in [3.8, 4) is 5.75 Å². The first-order chi connectivity index (χ1) is 18.2. The zero-order valence-corrected chi connectivity index (χ0v) is 20.7. The van der Waals surface area contributed by atoms with Gasteiger partial charge in [-0.3, -0.25) is 4.98 Å². The normalized spacial score (nSPS) is 24.2. The average Bonchev–Trinajstić information content (AvgIpc) is 3.46. The molecule has 0 radical (unpaired) electrons. The van der Waals surface area contributed by atoms with Crippen LogP contribution in [0.4, 0.5) is 21.7 Å². The minimum atomic E-state index is -0.447. The van der Waals surface area contributed by atoms with E-state index in [1.54, 1.807) is 12.4 Å². The number of benzene rings is 1. The van der Waals surface area contributed by atoms with E-state index in [4.69, 9.17) is 14.2 Å². The van der Waals surface area contributed by atoms with Crippen LogP contribution in [0.25, 0.3) is 11.0 Å². The molecule has 2 aliphatic heterocycles. The van der Waals surface area contributed by atoms with Crippen LogP contribution < -0.4 is 20.3 Å². The highest BCUT2D eigenvalue weighted by atomic mass is 19.1. The molecule has 10 nitrogen and oxygen atoms in total. The number of anilines is 3. The van der Waals surface area contributed by atoms with Gasteiger partial charge in [-0.15, -0.1) is 0 Å². The van der Waals surface area contributed by atoms with Gasteiger partial charge >= 0.3 is 0 Å². The summed E-state index contributed by atoms with van der Waals surface area (Å²) in [6, 6.07) is 4.34. The first-order valence-electron chi connectivity index (χ1n) is 13.1. The maximum atomic E-state index is 15.0. The van der Waals surface area contributed by atoms with Crippen LogP contribution in [0.3, 0.4) is 0 Å². The van der Waals surface area contributed by atoms with Crippen LogP contribution in [0, 0.1) is 5.82 Å². The Balaban J connectivity index is 1.10. The molecule has 3 aliphatic rings. The summed E-state index contributed by atoms with van der Waals surface area (Å²) in [4.78, 5) is 19.6. The lowest BCUT2D eigenvalue weighted by Gasteiger charge is -2.31. The van der Waals surface area contributed by atoms with E-state index in [9.17, 15) is 0 Å². The Morgan fingerprint density at radius 1 is 0.838 bits per heavy atom. The smallest absolute Gasteiger partial charge is 0.207 e. The number of nitrogens with one attached hydrogen (secondary N) is 2. The first kappa shape index (κ1) is 24.1. The van der Waals surface area contributed by atoms with Gasteiger partial charge in [-0.05, 0) is 38.2 Å². The van der Waals surface area contributed by atoms with Gasteiger partial charge in [0, 0.05) is 49.9 Å². The molecule has 37 heavy (non-hydrogen) atoms. The maximum absolute atomic E-state index is 15.0. The van der Waals surface area contributed by atoms with Gasteiger partial charge in [0.05, 0.1) is 37.5 Å². The van der Waals surface area contributed by atoms with E-state index >= 15 is 4.39 Å². The van der Waals surface area contributed by atoms with Crippen molar-refractivity contribution < 1.29 is 18.6 Å². The SMILES string of the molecule is Fc1c(NC2CCC(Oc3cc(N4CCOCC4)cc4nccnc34)CC2)ncnc1NC1CCOC1. The molecule has 2 saturated heterocycles. The number of nitrogens with zero attached hydrogens (tertiary/aromatic N) is 5. The van der Waals surface area contributed by atoms with Crippen molar-refractivity contribution >= 4 is 28.4 Å². The molecule has 6 rings (SSSR count). The fourth-order valence-electron chi connectivity index (χ4n) is 5.23. The van der Waals surface area contributed by atoms with Gasteiger partial charge in [0.1, 0.15) is 17.6 Å². The Kier molecular flexibility index (Phi) is 7.13. The Labute approximate surface area is 215 Å². The fourth-order valence-corrected chi connectivity index (χ4v) is 5.23. The molecular formula is C26H32FN7O3. The van der Waals surface area contributed by atoms with Crippen molar-refractivity contribution in [2.24, 2.45) is 0 Å². The second-order valence-electron chi connectivity index (χ2n) is 9.79. The topological polar surface area (TPSA) is 107 Å². The van der Waals surface area contributed by atoms with Gasteiger partial charge < -0.3 is 29.7 Å². The first-order valence-corrected chi connectivity index (χ1v) is 13.1. The molecule has 1 aromatic carbocycles. The Morgan fingerprint density at radius 2 is 1.59 bits per heavy atom. The van der Waals surface area contributed by atoms with Gasteiger partial charge in [0.15, 0.2) is 11.6 Å². The van der Waals surface area contributed by atoms with Gasteiger partial charge in [-0.25, -0.2) is 15.0 Å². The summed E-state index contributed by atoms with van der Waals surface area (Å²) >= 11 is 0. The molecule has 0 bridgehead atoms. The Morgan fingerprint density at radius 3 is 2.35 bits per heavy atom. The molecule has 0 spiro atoms. The minimum absolute atomic E-state index is 0.0537. The molecule has 3 fully saturated rings. The lowest BCUT2D eigenvalue weighted by molar-refractivity contribution is 0.122. The number of rotatable bonds is 7. The van der Waals surface area contributed by atoms with Crippen molar-refractivity contribution in [3.05, 3.63) is 36.7 Å². The monoisotopic (exact) mass is 509 g/mol. The number of hydrogen-bond acceptors (Lipinski definition) is 10. The van der Waals surface area contributed by atoms with E-state index in [1.807, 2.05) is 0 Å². The van der Waals surface area contributed by atoms with Crippen molar-refractivity contribution in [2.75, 3.05) is 55.1 Å². The van der Waals surface area contributed by atoms with Gasteiger partial charge in [-0.2, -0.15) is 4.39 Å². The van der Waals surface area contributed by atoms with Crippen molar-refractivity contribution in [2.45, 2.75) is 50.3 Å². The molecular weight excluding hydrogens is 477 g/mol. The second-order valence-corrected chi connectivity index (χ2v) is 9.79. The van der Waals surface area contributed by atoms with Crippen LogP contribution in [0.1, 0.15) is 32.1 Å². The summed E-state index contributed by atoms with van der Waals surface area (Å²) in [5.41, 5.74) is 2.68. The summed E-state index contributed by atoms with van der Waals surface area (Å²) in [6.45, 7) is 4.35. The Hall–Kier alpha value is -3.31. The van der Waals surface area contributed by atoms with Crippen LogP contribution in [0.2, 0.25) is 0 Å². The number of halogens is 1. The predicted molar refractivity (Wildman–Crippen MR) is 138 cm³/mol. The molecule has 1 atom stereocenters. The van der Waals surface area contributed by atoms with E-state index < -0.39 is 5.82 Å². The standard InChI is InChI=1S/C26H32FN7O3/c27-23-25(30-16-31-26(23)33-18-5-10-36-15-18)32-17-1-3-20(4-2-17)37-22-14-19(34-8-11-35-12-9-34)13-21-24(22)29-7-6-28-21/h6-7,13-14,16-18,20H,1-5,8-12,15H2,(H2,30,31,32,33). The maximum Gasteiger partial charge on any atom is 0.207 e. The highest BCUT2D eigenvalue weighted by Crippen LogP contribution is 2.33. The zero-order valence-electron chi connectivity index (χ0n) is 20.7. The number of ether oxygens (including phenoxy) is 3. The number of aromatic nitrogens is 4. The summed E-state index contributed by atoms with van der Waals surface area (Å²) in [7, 11) is 0. The number of fused-ring (bicyclic) bond motifs is 1. The highest BCUT2D eigenvalue weighted by molar-refractivity contribution is 5.85. The minimum Gasteiger partial charge on any atom is -0.488 e. The molecule has 4 heterocycles. The molecule has 11 heteroatoms. The molecule has 1 aliphatic carbocycles. The lowest BCUT2D eigenvalue weighted by atomic mass is 9.93. The summed E-state index contributed by atoms with van der Waals surface area (Å²) in [5.74, 6) is 0.771. The summed E-state index contributed by atoms with van der Waals surface area (Å²) < 4.78 is 32.4. The van der Waals surface area contributed by atoms with Gasteiger partial charge in [-0.1, -0.05) is 0 Å². The van der Waals surface area contributed by atoms with Crippen LogP contribution >= 0.6 is 0 Å². The number of hydrogen-bond donors (Lipinski definition) is 2. The van der Waals surface area contributed by atoms with Gasteiger partial charge in [0.25, 0.3) is 0 Å². The largest absolute Gasteiger partial charge is 0.488 e. The van der Waals surface area contributed by atoms with E-state index in [2.05, 4.69) is 47.6 Å². The molecule has 2 N–H and O–H groups in total. The van der Waals surface area contributed by atoms with Crippen LogP contribution in [0.5, 0.6) is 5.75 Å². The molecule has 3 aromatic rings. The van der Waals surface area contributed by atoms with E-state index in [0.717, 1.165) is 67.7 Å². The van der Waals surface area contributed by atoms with Crippen molar-refractivity contribution in [1.29, 1.82) is 0 Å². The molecule has 196 valence electrons. The van der Waals surface area contributed by atoms with Crippen LogP contribution in [-0.2, 0) is 9.47 Å². The third-order valence-corrected chi connectivity index (χ3v) is 7.27. The van der Waals surface area contributed by atoms with E-state index in [1.165, 1.54) is 6.33 Å². The molecule has 0 amide bonds. The third kappa shape index (κ3) is 5.52. The van der Waals surface area contributed by atoms with Crippen LogP contribution in [0.15, 0.2) is 30.9 Å². The zero-order chi connectivity index (χ0) is 25.0. The van der Waals surface area contributed by atoms with Crippen molar-refractivity contribution in [3.63, 3.8) is 0 Å². The molecule has 1 unspecified atom stereocenters. The summed E-state index contributed by atoms with van der Waals surface area (Å²) in [6.07, 6.45) is 9.08. The van der Waals surface area contributed by atoms with E-state index in [-0.39, 0.29) is 29.8 Å². The fraction of sp³-hybridized carbons (Fsp3) is 0.538. The van der Waals surface area contributed by atoms with Gasteiger partial charge in [0.2, 0.25) is 5.82 Å².